The molecule has 112 valence electrons. The topological polar surface area (TPSA) is 65.2 Å². The molecule has 0 fully saturated rings. The van der Waals surface area contributed by atoms with Crippen molar-refractivity contribution in [2.45, 2.75) is 33.2 Å². The van der Waals surface area contributed by atoms with Gasteiger partial charge in [0.1, 0.15) is 9.88 Å². The molecular weight excluding hydrogens is 284 g/mol. The smallest absolute Gasteiger partial charge is 0.350 e. The molecule has 0 amide bonds. The van der Waals surface area contributed by atoms with Crippen LogP contribution in [-0.4, -0.2) is 17.6 Å². The summed E-state index contributed by atoms with van der Waals surface area (Å²) in [6, 6.07) is 7.94. The molecule has 2 aromatic rings. The summed E-state index contributed by atoms with van der Waals surface area (Å²) in [6.45, 7) is 6.75. The lowest BCUT2D eigenvalue weighted by atomic mass is 10.1. The highest BCUT2D eigenvalue weighted by Crippen LogP contribution is 2.32. The molecule has 0 saturated carbocycles. The number of rotatable bonds is 5. The fourth-order valence-electron chi connectivity index (χ4n) is 1.97. The van der Waals surface area contributed by atoms with E-state index in [0.29, 0.717) is 18.0 Å². The molecule has 1 aromatic carbocycles. The Hall–Kier alpha value is -1.72. The number of hydrogen-bond donors (Lipinski definition) is 1. The number of ether oxygens (including phenoxy) is 1. The number of hydrogen-bond acceptors (Lipinski definition) is 5. The molecule has 1 heterocycles. The van der Waals surface area contributed by atoms with E-state index in [4.69, 9.17) is 10.5 Å². The second-order valence-corrected chi connectivity index (χ2v) is 6.01. The fourth-order valence-corrected chi connectivity index (χ4v) is 3.09. The maximum Gasteiger partial charge on any atom is 0.350 e. The maximum atomic E-state index is 12.0. The minimum atomic E-state index is -0.288. The Morgan fingerprint density at radius 1 is 1.33 bits per heavy atom. The summed E-state index contributed by atoms with van der Waals surface area (Å²) in [7, 11) is 0. The molecule has 0 unspecified atom stereocenters. The number of thiazole rings is 1. The van der Waals surface area contributed by atoms with E-state index < -0.39 is 0 Å². The predicted octanol–water partition coefficient (Wildman–Crippen LogP) is 3.57. The molecule has 0 aliphatic carbocycles. The highest BCUT2D eigenvalue weighted by Gasteiger charge is 2.21. The van der Waals surface area contributed by atoms with Crippen molar-refractivity contribution in [1.82, 2.24) is 4.98 Å². The zero-order valence-electron chi connectivity index (χ0n) is 12.6. The van der Waals surface area contributed by atoms with Crippen molar-refractivity contribution in [1.29, 1.82) is 0 Å². The van der Waals surface area contributed by atoms with Crippen molar-refractivity contribution in [3.05, 3.63) is 40.4 Å². The summed E-state index contributed by atoms with van der Waals surface area (Å²) in [5.41, 5.74) is 8.48. The Balaban J connectivity index is 2.40. The van der Waals surface area contributed by atoms with Crippen LogP contribution in [0.4, 0.5) is 0 Å². The van der Waals surface area contributed by atoms with Crippen molar-refractivity contribution in [3.8, 4) is 10.6 Å². The van der Waals surface area contributed by atoms with Crippen LogP contribution in [0.2, 0.25) is 0 Å². The third kappa shape index (κ3) is 3.49. The van der Waals surface area contributed by atoms with Gasteiger partial charge in [0.15, 0.2) is 0 Å². The largest absolute Gasteiger partial charge is 0.462 e. The zero-order chi connectivity index (χ0) is 15.4. The molecule has 0 saturated heterocycles. The summed E-state index contributed by atoms with van der Waals surface area (Å²) in [4.78, 5) is 17.3. The average molecular weight is 304 g/mol. The summed E-state index contributed by atoms with van der Waals surface area (Å²) >= 11 is 1.39. The summed E-state index contributed by atoms with van der Waals surface area (Å²) in [5, 5.41) is 0.838. The fraction of sp³-hybridized carbons (Fsp3) is 0.375. The van der Waals surface area contributed by atoms with Gasteiger partial charge in [-0.25, -0.2) is 9.78 Å². The standard InChI is InChI=1S/C16H20N2O2S/c1-4-20-16(19)14-13(10(2)3)18-15(21-14)12-7-5-11(9-17)6-8-12/h5-8,10H,4,9,17H2,1-3H3. The van der Waals surface area contributed by atoms with Gasteiger partial charge in [-0.15, -0.1) is 11.3 Å². The number of carbonyl (C=O) groups is 1. The minimum Gasteiger partial charge on any atom is -0.462 e. The van der Waals surface area contributed by atoms with E-state index in [1.165, 1.54) is 11.3 Å². The highest BCUT2D eigenvalue weighted by atomic mass is 32.1. The first-order valence-corrected chi connectivity index (χ1v) is 7.85. The van der Waals surface area contributed by atoms with E-state index in [2.05, 4.69) is 4.98 Å². The Morgan fingerprint density at radius 3 is 2.52 bits per heavy atom. The molecule has 1 aromatic heterocycles. The van der Waals surface area contributed by atoms with Crippen LogP contribution in [0.3, 0.4) is 0 Å². The third-order valence-corrected chi connectivity index (χ3v) is 4.20. The summed E-state index contributed by atoms with van der Waals surface area (Å²) < 4.78 is 5.12. The third-order valence-electron chi connectivity index (χ3n) is 3.10. The monoisotopic (exact) mass is 304 g/mol. The SMILES string of the molecule is CCOC(=O)c1sc(-c2ccc(CN)cc2)nc1C(C)C. The lowest BCUT2D eigenvalue weighted by molar-refractivity contribution is 0.0530. The zero-order valence-corrected chi connectivity index (χ0v) is 13.4. The Morgan fingerprint density at radius 2 is 2.00 bits per heavy atom. The lowest BCUT2D eigenvalue weighted by Gasteiger charge is -2.04. The van der Waals surface area contributed by atoms with Crippen molar-refractivity contribution in [2.24, 2.45) is 5.73 Å². The van der Waals surface area contributed by atoms with E-state index in [9.17, 15) is 4.79 Å². The lowest BCUT2D eigenvalue weighted by Crippen LogP contribution is -2.06. The van der Waals surface area contributed by atoms with Crippen molar-refractivity contribution in [2.75, 3.05) is 6.61 Å². The molecule has 0 radical (unpaired) electrons. The van der Waals surface area contributed by atoms with Crippen molar-refractivity contribution >= 4 is 17.3 Å². The molecule has 4 nitrogen and oxygen atoms in total. The molecule has 2 N–H and O–H groups in total. The van der Waals surface area contributed by atoms with E-state index >= 15 is 0 Å². The molecule has 0 aliphatic rings. The Labute approximate surface area is 129 Å². The van der Waals surface area contributed by atoms with Gasteiger partial charge in [0.25, 0.3) is 0 Å². The van der Waals surface area contributed by atoms with Crippen molar-refractivity contribution < 1.29 is 9.53 Å². The Bertz CT molecular complexity index is 618. The molecule has 21 heavy (non-hydrogen) atoms. The molecule has 5 heteroatoms. The minimum absolute atomic E-state index is 0.178. The van der Waals surface area contributed by atoms with Crippen LogP contribution in [0.1, 0.15) is 47.6 Å². The van der Waals surface area contributed by atoms with E-state index in [1.54, 1.807) is 6.92 Å². The van der Waals surface area contributed by atoms with Crippen LogP contribution in [-0.2, 0) is 11.3 Å². The summed E-state index contributed by atoms with van der Waals surface area (Å²) in [6.07, 6.45) is 0. The summed E-state index contributed by atoms with van der Waals surface area (Å²) in [5.74, 6) is -0.110. The number of esters is 1. The first kappa shape index (κ1) is 15.7. The van der Waals surface area contributed by atoms with Crippen LogP contribution in [0.15, 0.2) is 24.3 Å². The van der Waals surface area contributed by atoms with E-state index in [1.807, 2.05) is 38.1 Å². The Kier molecular flexibility index (Phi) is 5.09. The van der Waals surface area contributed by atoms with Crippen LogP contribution in [0.25, 0.3) is 10.6 Å². The van der Waals surface area contributed by atoms with Gasteiger partial charge >= 0.3 is 5.97 Å². The first-order valence-electron chi connectivity index (χ1n) is 7.04. The molecule has 0 bridgehead atoms. The number of benzene rings is 1. The number of aromatic nitrogens is 1. The van der Waals surface area contributed by atoms with Crippen LogP contribution < -0.4 is 5.73 Å². The molecule has 0 spiro atoms. The number of nitrogens with two attached hydrogens (primary N) is 1. The van der Waals surface area contributed by atoms with Gasteiger partial charge in [-0.05, 0) is 18.4 Å². The van der Waals surface area contributed by atoms with Gasteiger partial charge in [-0.3, -0.25) is 0 Å². The second kappa shape index (κ2) is 6.83. The van der Waals surface area contributed by atoms with Gasteiger partial charge in [-0.1, -0.05) is 38.1 Å². The van der Waals surface area contributed by atoms with E-state index in [-0.39, 0.29) is 11.9 Å². The molecule has 0 atom stereocenters. The highest BCUT2D eigenvalue weighted by molar-refractivity contribution is 7.17. The quantitative estimate of drug-likeness (QED) is 0.858. The predicted molar refractivity (Wildman–Crippen MR) is 85.5 cm³/mol. The van der Waals surface area contributed by atoms with E-state index in [0.717, 1.165) is 21.8 Å². The van der Waals surface area contributed by atoms with Gasteiger partial charge in [0, 0.05) is 12.1 Å². The van der Waals surface area contributed by atoms with Gasteiger partial charge in [0.05, 0.1) is 12.3 Å². The van der Waals surface area contributed by atoms with Gasteiger partial charge in [-0.2, -0.15) is 0 Å². The average Bonchev–Trinajstić information content (AvgIpc) is 2.93. The molecular formula is C16H20N2O2S. The molecule has 0 aliphatic heterocycles. The number of nitrogens with zero attached hydrogens (tertiary/aromatic N) is 1. The molecule has 2 rings (SSSR count). The first-order chi connectivity index (χ1) is 10.1. The maximum absolute atomic E-state index is 12.0. The van der Waals surface area contributed by atoms with Crippen LogP contribution in [0.5, 0.6) is 0 Å². The van der Waals surface area contributed by atoms with Crippen LogP contribution in [0, 0.1) is 0 Å². The second-order valence-electron chi connectivity index (χ2n) is 5.01. The van der Waals surface area contributed by atoms with Crippen molar-refractivity contribution in [3.63, 3.8) is 0 Å². The van der Waals surface area contributed by atoms with Gasteiger partial charge < -0.3 is 10.5 Å². The number of carbonyl (C=O) groups excluding carboxylic acids is 1. The van der Waals surface area contributed by atoms with Crippen LogP contribution >= 0.6 is 11.3 Å². The van der Waals surface area contributed by atoms with Gasteiger partial charge in [0.2, 0.25) is 0 Å². The normalized spacial score (nSPS) is 10.9.